The van der Waals surface area contributed by atoms with Crippen LogP contribution in [0, 0.1) is 0 Å². The number of rotatable bonds is 7. The van der Waals surface area contributed by atoms with Gasteiger partial charge in [-0.2, -0.15) is 0 Å². The molecule has 1 aromatic heterocycles. The lowest BCUT2D eigenvalue weighted by molar-refractivity contribution is -0.119. The number of benzene rings is 1. The largest absolute Gasteiger partial charge is 0.352 e. The van der Waals surface area contributed by atoms with Gasteiger partial charge < -0.3 is 5.32 Å². The molecule has 11 heteroatoms. The second kappa shape index (κ2) is 9.05. The Morgan fingerprint density at radius 1 is 1.08 bits per heavy atom. The molecule has 0 saturated carbocycles. The van der Waals surface area contributed by atoms with Crippen molar-refractivity contribution in [2.24, 2.45) is 0 Å². The van der Waals surface area contributed by atoms with Crippen LogP contribution in [-0.4, -0.2) is 26.8 Å². The van der Waals surface area contributed by atoms with Crippen LogP contribution in [0.15, 0.2) is 35.2 Å². The summed E-state index contributed by atoms with van der Waals surface area (Å²) in [6, 6.07) is 7.52. The van der Waals surface area contributed by atoms with Crippen LogP contribution in [0.1, 0.15) is 23.2 Å². The van der Waals surface area contributed by atoms with Crippen molar-refractivity contribution < 1.29 is 18.0 Å². The fourth-order valence-electron chi connectivity index (χ4n) is 1.92. The molecular weight excluding hydrogens is 443 g/mol. The molecule has 0 spiro atoms. The molecule has 0 saturated heterocycles. The fourth-order valence-corrected chi connectivity index (χ4v) is 5.21. The van der Waals surface area contributed by atoms with Crippen molar-refractivity contribution in [1.82, 2.24) is 10.0 Å². The Bertz CT molecular complexity index is 911. The van der Waals surface area contributed by atoms with Gasteiger partial charge in [-0.15, -0.1) is 11.3 Å². The molecule has 0 aliphatic heterocycles. The van der Waals surface area contributed by atoms with E-state index in [0.717, 1.165) is 11.3 Å². The van der Waals surface area contributed by atoms with Crippen molar-refractivity contribution in [2.45, 2.75) is 17.7 Å². The first-order chi connectivity index (χ1) is 12.2. The highest BCUT2D eigenvalue weighted by Crippen LogP contribution is 2.34. The van der Waals surface area contributed by atoms with Gasteiger partial charge in [0.2, 0.25) is 5.91 Å². The maximum Gasteiger partial charge on any atom is 0.266 e. The minimum absolute atomic E-state index is 0.0227. The van der Waals surface area contributed by atoms with Crippen LogP contribution < -0.4 is 10.0 Å². The molecule has 0 aliphatic rings. The topological polar surface area (TPSA) is 92.3 Å². The number of carbonyl (C=O) groups is 2. The number of hydrogen-bond acceptors (Lipinski definition) is 5. The maximum atomic E-state index is 12.1. The number of sulfonamides is 1. The zero-order chi connectivity index (χ0) is 19.3. The van der Waals surface area contributed by atoms with Gasteiger partial charge >= 0.3 is 0 Å². The molecular formula is C15H13Cl3N2O4S2. The van der Waals surface area contributed by atoms with E-state index in [4.69, 9.17) is 34.8 Å². The molecule has 0 radical (unpaired) electrons. The van der Waals surface area contributed by atoms with Gasteiger partial charge in [-0.25, -0.2) is 13.1 Å². The molecule has 26 heavy (non-hydrogen) atoms. The molecule has 0 aliphatic carbocycles. The van der Waals surface area contributed by atoms with Crippen LogP contribution in [0.3, 0.4) is 0 Å². The molecule has 6 nitrogen and oxygen atoms in total. The molecule has 140 valence electrons. The Hall–Kier alpha value is -1.32. The third kappa shape index (κ3) is 5.85. The van der Waals surface area contributed by atoms with Gasteiger partial charge in [0.05, 0.1) is 4.34 Å². The van der Waals surface area contributed by atoms with Gasteiger partial charge in [0.25, 0.3) is 15.9 Å². The summed E-state index contributed by atoms with van der Waals surface area (Å²) in [5, 5.41) is 3.15. The Morgan fingerprint density at radius 2 is 1.73 bits per heavy atom. The summed E-state index contributed by atoms with van der Waals surface area (Å²) in [5.74, 6) is -1.02. The highest BCUT2D eigenvalue weighted by molar-refractivity contribution is 7.90. The number of halogens is 3. The van der Waals surface area contributed by atoms with Gasteiger partial charge in [0.1, 0.15) is 9.23 Å². The number of carbonyl (C=O) groups excluding carboxylic acids is 2. The molecule has 2 N–H and O–H groups in total. The van der Waals surface area contributed by atoms with E-state index in [2.05, 4.69) is 5.32 Å². The average molecular weight is 456 g/mol. The number of amides is 2. The minimum Gasteiger partial charge on any atom is -0.352 e. The molecule has 1 heterocycles. The first-order valence-electron chi connectivity index (χ1n) is 7.23. The number of hydrogen-bond donors (Lipinski definition) is 2. The van der Waals surface area contributed by atoms with Gasteiger partial charge in [-0.05, 0) is 36.8 Å². The van der Waals surface area contributed by atoms with E-state index in [1.165, 1.54) is 6.07 Å². The molecule has 0 atom stereocenters. The number of nitrogens with one attached hydrogen (secondary N) is 2. The molecule has 1 aromatic carbocycles. The summed E-state index contributed by atoms with van der Waals surface area (Å²) in [6.45, 7) is 0.208. The van der Waals surface area contributed by atoms with E-state index in [-0.39, 0.29) is 38.9 Å². The van der Waals surface area contributed by atoms with Crippen molar-refractivity contribution in [1.29, 1.82) is 0 Å². The van der Waals surface area contributed by atoms with Crippen LogP contribution in [0.2, 0.25) is 13.7 Å². The first kappa shape index (κ1) is 21.0. The molecule has 2 aromatic rings. The zero-order valence-electron chi connectivity index (χ0n) is 13.1. The lowest BCUT2D eigenvalue weighted by Gasteiger charge is -2.07. The molecule has 0 unspecified atom stereocenters. The molecule has 0 fully saturated rings. The summed E-state index contributed by atoms with van der Waals surface area (Å²) in [4.78, 5) is 23.5. The van der Waals surface area contributed by atoms with Crippen LogP contribution in [-0.2, 0) is 14.8 Å². The van der Waals surface area contributed by atoms with Crippen molar-refractivity contribution in [3.8, 4) is 0 Å². The van der Waals surface area contributed by atoms with Crippen LogP contribution in [0.5, 0.6) is 0 Å². The Morgan fingerprint density at radius 3 is 2.31 bits per heavy atom. The van der Waals surface area contributed by atoms with Crippen molar-refractivity contribution in [3.05, 3.63) is 49.6 Å². The highest BCUT2D eigenvalue weighted by atomic mass is 35.5. The SMILES string of the molecule is O=C(CCCNC(=O)c1ccc(Cl)cc1)NS(=O)(=O)c1cc(Cl)sc1Cl. The third-order valence-electron chi connectivity index (χ3n) is 3.14. The van der Waals surface area contributed by atoms with E-state index < -0.39 is 15.9 Å². The van der Waals surface area contributed by atoms with E-state index in [1.807, 2.05) is 4.72 Å². The molecule has 2 amide bonds. The number of thiophene rings is 1. The zero-order valence-corrected chi connectivity index (χ0v) is 17.0. The summed E-state index contributed by atoms with van der Waals surface area (Å²) in [5.41, 5.74) is 0.436. The Balaban J connectivity index is 1.79. The normalized spacial score (nSPS) is 11.2. The van der Waals surface area contributed by atoms with Gasteiger partial charge in [0.15, 0.2) is 0 Å². The monoisotopic (exact) mass is 454 g/mol. The summed E-state index contributed by atoms with van der Waals surface area (Å²) < 4.78 is 26.3. The fraction of sp³-hybridized carbons (Fsp3) is 0.200. The predicted molar refractivity (Wildman–Crippen MR) is 103 cm³/mol. The van der Waals surface area contributed by atoms with Crippen molar-refractivity contribution >= 4 is 68.0 Å². The average Bonchev–Trinajstić information content (AvgIpc) is 2.91. The standard InChI is InChI=1S/C15H13Cl3N2O4S2/c16-10-5-3-9(4-6-10)15(22)19-7-1-2-13(21)20-26(23,24)11-8-12(17)25-14(11)18/h3-6,8H,1-2,7H2,(H,19,22)(H,20,21). The van der Waals surface area contributed by atoms with E-state index in [9.17, 15) is 18.0 Å². The minimum atomic E-state index is -4.08. The van der Waals surface area contributed by atoms with Crippen molar-refractivity contribution in [3.63, 3.8) is 0 Å². The Kier molecular flexibility index (Phi) is 7.31. The molecule has 2 rings (SSSR count). The van der Waals surface area contributed by atoms with Crippen molar-refractivity contribution in [2.75, 3.05) is 6.54 Å². The summed E-state index contributed by atoms with van der Waals surface area (Å²) in [7, 11) is -4.08. The second-order valence-electron chi connectivity index (χ2n) is 5.08. The maximum absolute atomic E-state index is 12.1. The quantitative estimate of drug-likeness (QED) is 0.622. The first-order valence-corrected chi connectivity index (χ1v) is 10.7. The lowest BCUT2D eigenvalue weighted by Crippen LogP contribution is -2.31. The highest BCUT2D eigenvalue weighted by Gasteiger charge is 2.23. The van der Waals surface area contributed by atoms with E-state index >= 15 is 0 Å². The van der Waals surface area contributed by atoms with Crippen LogP contribution >= 0.6 is 46.1 Å². The smallest absolute Gasteiger partial charge is 0.266 e. The van der Waals surface area contributed by atoms with Crippen LogP contribution in [0.4, 0.5) is 0 Å². The lowest BCUT2D eigenvalue weighted by atomic mass is 10.2. The Labute approximate surface area is 169 Å². The van der Waals surface area contributed by atoms with E-state index in [1.54, 1.807) is 24.3 Å². The van der Waals surface area contributed by atoms with Crippen LogP contribution in [0.25, 0.3) is 0 Å². The third-order valence-corrected chi connectivity index (χ3v) is 6.51. The van der Waals surface area contributed by atoms with Gasteiger partial charge in [-0.3, -0.25) is 9.59 Å². The van der Waals surface area contributed by atoms with Gasteiger partial charge in [-0.1, -0.05) is 34.8 Å². The predicted octanol–water partition coefficient (Wildman–Crippen LogP) is 3.72. The van der Waals surface area contributed by atoms with E-state index in [0.29, 0.717) is 10.6 Å². The second-order valence-corrected chi connectivity index (χ2v) is 9.46. The summed E-state index contributed by atoms with van der Waals surface area (Å²) in [6.07, 6.45) is 0.175. The van der Waals surface area contributed by atoms with Gasteiger partial charge in [0, 0.05) is 23.6 Å². The molecule has 0 bridgehead atoms. The summed E-state index contributed by atoms with van der Waals surface area (Å²) >= 11 is 18.1.